The molecule has 0 fully saturated rings. The van der Waals surface area contributed by atoms with Crippen LogP contribution in [0.4, 0.5) is 17.6 Å². The number of rotatable bonds is 7. The zero-order chi connectivity index (χ0) is 24.0. The van der Waals surface area contributed by atoms with E-state index in [9.17, 15) is 27.2 Å². The van der Waals surface area contributed by atoms with E-state index >= 15 is 0 Å². The molecule has 2 aromatic carbocycles. The Balaban J connectivity index is 1.79. The Morgan fingerprint density at radius 1 is 1.03 bits per heavy atom. The third-order valence-corrected chi connectivity index (χ3v) is 4.11. The number of pyridine rings is 1. The molecule has 0 aliphatic heterocycles. The van der Waals surface area contributed by atoms with Crippen molar-refractivity contribution in [2.75, 3.05) is 13.7 Å². The van der Waals surface area contributed by atoms with E-state index in [2.05, 4.69) is 10.4 Å². The third-order valence-electron chi connectivity index (χ3n) is 4.11. The van der Waals surface area contributed by atoms with Gasteiger partial charge in [-0.25, -0.2) is 14.2 Å². The number of amides is 1. The van der Waals surface area contributed by atoms with E-state index < -0.39 is 36.4 Å². The molecule has 0 atom stereocenters. The van der Waals surface area contributed by atoms with Crippen molar-refractivity contribution in [3.8, 4) is 17.0 Å². The van der Waals surface area contributed by atoms with Crippen molar-refractivity contribution in [2.24, 2.45) is 0 Å². The lowest BCUT2D eigenvalue weighted by Gasteiger charge is -2.18. The first-order chi connectivity index (χ1) is 15.6. The van der Waals surface area contributed by atoms with Crippen molar-refractivity contribution < 1.29 is 36.7 Å². The molecule has 1 aromatic heterocycles. The van der Waals surface area contributed by atoms with E-state index in [1.807, 2.05) is 0 Å². The maximum absolute atomic E-state index is 13.7. The number of ether oxygens (including phenoxy) is 1. The van der Waals surface area contributed by atoms with Crippen LogP contribution >= 0.6 is 0 Å². The lowest BCUT2D eigenvalue weighted by Crippen LogP contribution is -2.40. The quantitative estimate of drug-likeness (QED) is 0.418. The average Bonchev–Trinajstić information content (AvgIpc) is 2.77. The molecule has 0 spiro atoms. The molecule has 3 aromatic rings. The maximum Gasteiger partial charge on any atom is 0.422 e. The van der Waals surface area contributed by atoms with Crippen LogP contribution in [0.1, 0.15) is 20.7 Å². The molecule has 11 heteroatoms. The Bertz CT molecular complexity index is 1140. The summed E-state index contributed by atoms with van der Waals surface area (Å²) in [6.07, 6.45) is -3.68. The first-order valence-electron chi connectivity index (χ1n) is 9.40. The smallest absolute Gasteiger partial charge is 0.422 e. The van der Waals surface area contributed by atoms with Crippen LogP contribution in [0, 0.1) is 5.82 Å². The highest BCUT2D eigenvalue weighted by Crippen LogP contribution is 2.31. The minimum absolute atomic E-state index is 0.0517. The highest BCUT2D eigenvalue weighted by molar-refractivity contribution is 5.94. The van der Waals surface area contributed by atoms with Crippen molar-refractivity contribution >= 4 is 11.9 Å². The second kappa shape index (κ2) is 10.1. The fourth-order valence-electron chi connectivity index (χ4n) is 2.69. The van der Waals surface area contributed by atoms with Crippen molar-refractivity contribution in [3.05, 3.63) is 83.8 Å². The highest BCUT2D eigenvalue weighted by Gasteiger charge is 2.29. The van der Waals surface area contributed by atoms with Crippen LogP contribution in [0.15, 0.2) is 66.9 Å². The van der Waals surface area contributed by atoms with Crippen LogP contribution in [0.25, 0.3) is 11.1 Å². The number of aromatic nitrogens is 1. The lowest BCUT2D eigenvalue weighted by molar-refractivity contribution is -0.154. The second-order valence-electron chi connectivity index (χ2n) is 6.67. The van der Waals surface area contributed by atoms with Gasteiger partial charge in [-0.2, -0.15) is 13.2 Å². The fraction of sp³-hybridized carbons (Fsp3) is 0.136. The molecule has 0 unspecified atom stereocenters. The first-order valence-corrected chi connectivity index (χ1v) is 9.40. The van der Waals surface area contributed by atoms with Gasteiger partial charge in [-0.1, -0.05) is 35.5 Å². The van der Waals surface area contributed by atoms with Crippen LogP contribution < -0.4 is 10.2 Å². The largest absolute Gasteiger partial charge is 0.468 e. The predicted octanol–water partition coefficient (Wildman–Crippen LogP) is 4.18. The van der Waals surface area contributed by atoms with Gasteiger partial charge in [-0.05, 0) is 35.9 Å². The Labute approximate surface area is 185 Å². The number of alkyl halides is 3. The van der Waals surface area contributed by atoms with Crippen molar-refractivity contribution in [2.45, 2.75) is 6.18 Å². The van der Waals surface area contributed by atoms with E-state index in [-0.39, 0.29) is 16.7 Å². The number of hydroxylamine groups is 1. The maximum atomic E-state index is 13.7. The molecule has 1 amide bonds. The van der Waals surface area contributed by atoms with Crippen molar-refractivity contribution in [1.82, 2.24) is 15.6 Å². The first kappa shape index (κ1) is 23.7. The molecule has 0 aliphatic rings. The SMILES string of the molecule is CN(NC(=O)c1ccccc1)OC(=O)c1cnc(OCC(F)(F)F)c(-c2cccc(F)c2)c1. The monoisotopic (exact) mass is 463 g/mol. The molecule has 0 saturated heterocycles. The molecule has 0 aliphatic carbocycles. The number of hydrogen-bond donors (Lipinski definition) is 1. The van der Waals surface area contributed by atoms with Gasteiger partial charge in [0, 0.05) is 24.4 Å². The van der Waals surface area contributed by atoms with Crippen molar-refractivity contribution in [3.63, 3.8) is 0 Å². The summed E-state index contributed by atoms with van der Waals surface area (Å²) in [7, 11) is 1.26. The summed E-state index contributed by atoms with van der Waals surface area (Å²) >= 11 is 0. The number of nitrogens with zero attached hydrogens (tertiary/aromatic N) is 2. The lowest BCUT2D eigenvalue weighted by atomic mass is 10.1. The van der Waals surface area contributed by atoms with Gasteiger partial charge in [-0.3, -0.25) is 10.2 Å². The van der Waals surface area contributed by atoms with Crippen molar-refractivity contribution in [1.29, 1.82) is 0 Å². The van der Waals surface area contributed by atoms with Gasteiger partial charge in [0.1, 0.15) is 5.82 Å². The van der Waals surface area contributed by atoms with Gasteiger partial charge in [0.15, 0.2) is 6.61 Å². The summed E-state index contributed by atoms with van der Waals surface area (Å²) in [5, 5.41) is 0.771. The topological polar surface area (TPSA) is 80.8 Å². The van der Waals surface area contributed by atoms with Gasteiger partial charge in [0.05, 0.1) is 5.56 Å². The molecule has 1 N–H and O–H groups in total. The van der Waals surface area contributed by atoms with Crippen LogP contribution in [-0.2, 0) is 4.84 Å². The molecular formula is C22H17F4N3O4. The zero-order valence-corrected chi connectivity index (χ0v) is 17.1. The average molecular weight is 463 g/mol. The van der Waals surface area contributed by atoms with E-state index in [0.29, 0.717) is 5.56 Å². The number of carbonyl (C=O) groups excluding carboxylic acids is 2. The van der Waals surface area contributed by atoms with E-state index in [0.717, 1.165) is 29.6 Å². The standard InChI is InChI=1S/C22H17F4N3O4/c1-29(28-19(30)14-6-3-2-4-7-14)33-21(31)16-11-18(15-8-5-9-17(23)10-15)20(27-12-16)32-13-22(24,25)26/h2-12H,13H2,1H3,(H,28,30). The van der Waals surface area contributed by atoms with Gasteiger partial charge in [0.25, 0.3) is 5.91 Å². The molecule has 0 radical (unpaired) electrons. The number of hydrazine groups is 1. The van der Waals surface area contributed by atoms with Gasteiger partial charge in [0.2, 0.25) is 5.88 Å². The second-order valence-corrected chi connectivity index (χ2v) is 6.67. The summed E-state index contributed by atoms with van der Waals surface area (Å²) in [6, 6.07) is 14.3. The Morgan fingerprint density at radius 3 is 2.42 bits per heavy atom. The van der Waals surface area contributed by atoms with E-state index in [4.69, 9.17) is 9.57 Å². The van der Waals surface area contributed by atoms with Gasteiger partial charge >= 0.3 is 12.1 Å². The summed E-state index contributed by atoms with van der Waals surface area (Å²) in [4.78, 5) is 33.4. The number of nitrogens with one attached hydrogen (secondary N) is 1. The summed E-state index contributed by atoms with van der Waals surface area (Å²) in [5.74, 6) is -2.61. The van der Waals surface area contributed by atoms with Crippen LogP contribution in [-0.4, -0.2) is 41.9 Å². The van der Waals surface area contributed by atoms with E-state index in [1.54, 1.807) is 30.3 Å². The number of benzene rings is 2. The number of carbonyl (C=O) groups is 2. The summed E-state index contributed by atoms with van der Waals surface area (Å²) in [6.45, 7) is -1.62. The normalized spacial score (nSPS) is 11.2. The van der Waals surface area contributed by atoms with Crippen LogP contribution in [0.2, 0.25) is 0 Å². The predicted molar refractivity (Wildman–Crippen MR) is 108 cm³/mol. The minimum Gasteiger partial charge on any atom is -0.468 e. The highest BCUT2D eigenvalue weighted by atomic mass is 19.4. The Morgan fingerprint density at radius 2 is 1.76 bits per heavy atom. The molecule has 0 saturated carbocycles. The molecule has 0 bridgehead atoms. The Kier molecular flexibility index (Phi) is 7.23. The number of hydrogen-bond acceptors (Lipinski definition) is 6. The van der Waals surface area contributed by atoms with Gasteiger partial charge < -0.3 is 9.57 Å². The molecule has 33 heavy (non-hydrogen) atoms. The summed E-state index contributed by atoms with van der Waals surface area (Å²) < 4.78 is 56.2. The van der Waals surface area contributed by atoms with Crippen LogP contribution in [0.3, 0.4) is 0 Å². The minimum atomic E-state index is -4.63. The zero-order valence-electron chi connectivity index (χ0n) is 17.1. The summed E-state index contributed by atoms with van der Waals surface area (Å²) in [5.41, 5.74) is 2.57. The Hall–Kier alpha value is -3.99. The number of halogens is 4. The molecule has 3 rings (SSSR count). The molecule has 7 nitrogen and oxygen atoms in total. The van der Waals surface area contributed by atoms with E-state index in [1.165, 1.54) is 19.2 Å². The molecule has 172 valence electrons. The van der Waals surface area contributed by atoms with Gasteiger partial charge in [-0.15, -0.1) is 0 Å². The van der Waals surface area contributed by atoms with Crippen LogP contribution in [0.5, 0.6) is 5.88 Å². The molecular weight excluding hydrogens is 446 g/mol. The molecule has 1 heterocycles. The fourth-order valence-corrected chi connectivity index (χ4v) is 2.69. The third kappa shape index (κ3) is 6.74.